The average molecular weight is 358 g/mol. The molecule has 0 atom stereocenters. The molecule has 2 heterocycles. The molecule has 0 saturated heterocycles. The highest BCUT2D eigenvalue weighted by Gasteiger charge is 2.28. The Balaban J connectivity index is 2.21. The molecule has 134 valence electrons. The Morgan fingerprint density at radius 3 is 2.35 bits per heavy atom. The molecule has 0 saturated carbocycles. The van der Waals surface area contributed by atoms with Crippen molar-refractivity contribution in [3.8, 4) is 0 Å². The van der Waals surface area contributed by atoms with Crippen molar-refractivity contribution in [1.29, 1.82) is 0 Å². The molecule has 0 amide bonds. The molecule has 0 fully saturated rings. The number of carbonyl (C=O) groups excluding carboxylic acids is 2. The lowest BCUT2D eigenvalue weighted by molar-refractivity contribution is 0.0535. The fourth-order valence-electron chi connectivity index (χ4n) is 2.54. The van der Waals surface area contributed by atoms with Crippen molar-refractivity contribution in [1.82, 2.24) is 9.55 Å². The largest absolute Gasteiger partial charge is 0.443 e. The second kappa shape index (κ2) is 6.33. The Hall–Kier alpha value is -3.09. The average Bonchev–Trinajstić information content (AvgIpc) is 2.92. The third kappa shape index (κ3) is 3.20. The number of rotatable bonds is 2. The van der Waals surface area contributed by atoms with Gasteiger partial charge in [0.1, 0.15) is 28.6 Å². The number of ether oxygens (including phenoxy) is 1. The smallest absolute Gasteiger partial charge is 0.420 e. The molecule has 2 aromatic heterocycles. The molecule has 0 aliphatic heterocycles. The number of carbonyl (C=O) groups is 2. The summed E-state index contributed by atoms with van der Waals surface area (Å²) in [5.41, 5.74) is -1.62. The van der Waals surface area contributed by atoms with Crippen molar-refractivity contribution in [2.75, 3.05) is 0 Å². The standard InChI is InChI=1S/C19H16F2N2O3/c1-19(2,3)26-18(25)23-14(10-11-6-5-9-22-17(11)23)16(24)15-12(20)7-4-8-13(15)21/h4-10H,1-3H3. The third-order valence-corrected chi connectivity index (χ3v) is 3.56. The van der Waals surface area contributed by atoms with Crippen molar-refractivity contribution < 1.29 is 23.1 Å². The van der Waals surface area contributed by atoms with Crippen LogP contribution in [-0.2, 0) is 4.74 Å². The summed E-state index contributed by atoms with van der Waals surface area (Å²) in [6.45, 7) is 5.01. The van der Waals surface area contributed by atoms with Crippen LogP contribution in [0.4, 0.5) is 13.6 Å². The van der Waals surface area contributed by atoms with E-state index in [1.54, 1.807) is 32.9 Å². The van der Waals surface area contributed by atoms with Gasteiger partial charge in [-0.3, -0.25) is 4.79 Å². The molecule has 0 bridgehead atoms. The first kappa shape index (κ1) is 17.7. The Morgan fingerprint density at radius 1 is 1.08 bits per heavy atom. The Labute approximate surface area is 148 Å². The van der Waals surface area contributed by atoms with Gasteiger partial charge in [-0.05, 0) is 51.1 Å². The number of benzene rings is 1. The van der Waals surface area contributed by atoms with Gasteiger partial charge in [-0.1, -0.05) is 6.07 Å². The summed E-state index contributed by atoms with van der Waals surface area (Å²) < 4.78 is 34.3. The number of nitrogens with zero attached hydrogens (tertiary/aromatic N) is 2. The summed E-state index contributed by atoms with van der Waals surface area (Å²) in [6.07, 6.45) is 0.590. The first-order valence-corrected chi connectivity index (χ1v) is 7.87. The number of ketones is 1. The first-order valence-electron chi connectivity index (χ1n) is 7.87. The molecule has 0 aliphatic carbocycles. The Kier molecular flexibility index (Phi) is 4.31. The van der Waals surface area contributed by atoms with Crippen LogP contribution in [0.3, 0.4) is 0 Å². The minimum Gasteiger partial charge on any atom is -0.443 e. The quantitative estimate of drug-likeness (QED) is 0.640. The monoisotopic (exact) mass is 358 g/mol. The number of hydrogen-bond donors (Lipinski definition) is 0. The van der Waals surface area contributed by atoms with E-state index in [-0.39, 0.29) is 11.3 Å². The second-order valence-corrected chi connectivity index (χ2v) is 6.69. The number of pyridine rings is 1. The van der Waals surface area contributed by atoms with Crippen molar-refractivity contribution in [2.45, 2.75) is 26.4 Å². The van der Waals surface area contributed by atoms with E-state index >= 15 is 0 Å². The molecule has 1 aromatic carbocycles. The molecule has 0 unspecified atom stereocenters. The SMILES string of the molecule is CC(C)(C)OC(=O)n1c(C(=O)c2c(F)cccc2F)cc2cccnc21. The zero-order valence-corrected chi connectivity index (χ0v) is 14.4. The summed E-state index contributed by atoms with van der Waals surface area (Å²) >= 11 is 0. The van der Waals surface area contributed by atoms with Crippen LogP contribution in [0.5, 0.6) is 0 Å². The molecule has 0 N–H and O–H groups in total. The molecule has 3 rings (SSSR count). The van der Waals surface area contributed by atoms with Crippen molar-refractivity contribution >= 4 is 22.9 Å². The van der Waals surface area contributed by atoms with Crippen LogP contribution in [0.15, 0.2) is 42.6 Å². The highest BCUT2D eigenvalue weighted by Crippen LogP contribution is 2.24. The van der Waals surface area contributed by atoms with Crippen LogP contribution < -0.4 is 0 Å². The zero-order valence-electron chi connectivity index (χ0n) is 14.4. The number of aromatic nitrogens is 2. The lowest BCUT2D eigenvalue weighted by Crippen LogP contribution is -2.29. The minimum atomic E-state index is -1.01. The van der Waals surface area contributed by atoms with E-state index in [1.165, 1.54) is 12.3 Å². The summed E-state index contributed by atoms with van der Waals surface area (Å²) in [6, 6.07) is 7.74. The van der Waals surface area contributed by atoms with E-state index < -0.39 is 34.7 Å². The van der Waals surface area contributed by atoms with Crippen LogP contribution in [0.25, 0.3) is 11.0 Å². The Bertz CT molecular complexity index is 999. The molecule has 0 radical (unpaired) electrons. The summed E-state index contributed by atoms with van der Waals surface area (Å²) in [5.74, 6) is -2.99. The van der Waals surface area contributed by atoms with Gasteiger partial charge in [0.15, 0.2) is 0 Å². The Morgan fingerprint density at radius 2 is 1.73 bits per heavy atom. The van der Waals surface area contributed by atoms with Gasteiger partial charge in [0.05, 0.1) is 5.56 Å². The second-order valence-electron chi connectivity index (χ2n) is 6.69. The van der Waals surface area contributed by atoms with E-state index in [0.29, 0.717) is 5.39 Å². The van der Waals surface area contributed by atoms with E-state index in [1.807, 2.05) is 0 Å². The molecule has 0 aliphatic rings. The summed E-state index contributed by atoms with van der Waals surface area (Å²) in [5, 5.41) is 0.471. The zero-order chi connectivity index (χ0) is 19.1. The maximum absolute atomic E-state index is 14.0. The van der Waals surface area contributed by atoms with E-state index in [0.717, 1.165) is 22.8 Å². The fraction of sp³-hybridized carbons (Fsp3) is 0.211. The van der Waals surface area contributed by atoms with Gasteiger partial charge in [0, 0.05) is 11.6 Å². The predicted molar refractivity (Wildman–Crippen MR) is 91.2 cm³/mol. The van der Waals surface area contributed by atoms with Gasteiger partial charge in [-0.15, -0.1) is 0 Å². The molecular weight excluding hydrogens is 342 g/mol. The topological polar surface area (TPSA) is 61.2 Å². The van der Waals surface area contributed by atoms with Crippen molar-refractivity contribution in [2.24, 2.45) is 0 Å². The highest BCUT2D eigenvalue weighted by atomic mass is 19.1. The van der Waals surface area contributed by atoms with Gasteiger partial charge < -0.3 is 4.74 Å². The molecule has 5 nitrogen and oxygen atoms in total. The van der Waals surface area contributed by atoms with Gasteiger partial charge in [0.2, 0.25) is 5.78 Å². The minimum absolute atomic E-state index is 0.168. The third-order valence-electron chi connectivity index (χ3n) is 3.56. The van der Waals surface area contributed by atoms with Crippen LogP contribution in [0, 0.1) is 11.6 Å². The van der Waals surface area contributed by atoms with Gasteiger partial charge in [0.25, 0.3) is 0 Å². The molecule has 3 aromatic rings. The lowest BCUT2D eigenvalue weighted by atomic mass is 10.1. The predicted octanol–water partition coefficient (Wildman–Crippen LogP) is 4.33. The normalized spacial score (nSPS) is 11.6. The van der Waals surface area contributed by atoms with Gasteiger partial charge in [-0.25, -0.2) is 23.1 Å². The number of hydrogen-bond acceptors (Lipinski definition) is 4. The maximum Gasteiger partial charge on any atom is 0.420 e. The summed E-state index contributed by atoms with van der Waals surface area (Å²) in [4.78, 5) is 29.5. The van der Waals surface area contributed by atoms with E-state index in [2.05, 4.69) is 4.98 Å². The molecule has 26 heavy (non-hydrogen) atoms. The highest BCUT2D eigenvalue weighted by molar-refractivity contribution is 6.12. The molecule has 7 heteroatoms. The number of fused-ring (bicyclic) bond motifs is 1. The van der Waals surface area contributed by atoms with Crippen LogP contribution in [-0.4, -0.2) is 27.0 Å². The van der Waals surface area contributed by atoms with Gasteiger partial charge >= 0.3 is 6.09 Å². The van der Waals surface area contributed by atoms with Crippen LogP contribution in [0.2, 0.25) is 0 Å². The van der Waals surface area contributed by atoms with Crippen molar-refractivity contribution in [3.63, 3.8) is 0 Å². The van der Waals surface area contributed by atoms with E-state index in [9.17, 15) is 18.4 Å². The van der Waals surface area contributed by atoms with Gasteiger partial charge in [-0.2, -0.15) is 0 Å². The maximum atomic E-state index is 14.0. The lowest BCUT2D eigenvalue weighted by Gasteiger charge is -2.20. The molecule has 0 spiro atoms. The molecular formula is C19H16F2N2O3. The number of halogens is 2. The van der Waals surface area contributed by atoms with E-state index in [4.69, 9.17) is 4.74 Å². The van der Waals surface area contributed by atoms with Crippen molar-refractivity contribution in [3.05, 3.63) is 65.5 Å². The van der Waals surface area contributed by atoms with Crippen LogP contribution in [0.1, 0.15) is 36.8 Å². The fourth-order valence-corrected chi connectivity index (χ4v) is 2.54. The van der Waals surface area contributed by atoms with Crippen LogP contribution >= 0.6 is 0 Å². The first-order chi connectivity index (χ1) is 12.2. The summed E-state index contributed by atoms with van der Waals surface area (Å²) in [7, 11) is 0.